The highest BCUT2D eigenvalue weighted by molar-refractivity contribution is 5.85. The second kappa shape index (κ2) is 22.5. The highest BCUT2D eigenvalue weighted by Crippen LogP contribution is 1.59. The van der Waals surface area contributed by atoms with Crippen LogP contribution in [-0.4, -0.2) is 33.3 Å². The van der Waals surface area contributed by atoms with E-state index >= 15 is 0 Å². The van der Waals surface area contributed by atoms with Gasteiger partial charge in [-0.1, -0.05) is 7.43 Å². The predicted octanol–water partition coefficient (Wildman–Crippen LogP) is 0.783. The lowest BCUT2D eigenvalue weighted by Gasteiger charge is -1.88. The molecule has 13 heavy (non-hydrogen) atoms. The third kappa shape index (κ3) is 54.0. The summed E-state index contributed by atoms with van der Waals surface area (Å²) in [6, 6.07) is 1.80. The van der Waals surface area contributed by atoms with E-state index in [2.05, 4.69) is 9.47 Å². The van der Waals surface area contributed by atoms with Crippen LogP contribution in [0.1, 0.15) is 7.43 Å². The summed E-state index contributed by atoms with van der Waals surface area (Å²) < 4.78 is 8.78. The van der Waals surface area contributed by atoms with Gasteiger partial charge in [0.2, 0.25) is 0 Å². The molecule has 0 aromatic carbocycles. The molecule has 0 aliphatic carbocycles. The molecule has 0 saturated carbocycles. The fourth-order valence-corrected chi connectivity index (χ4v) is 0.220. The van der Waals surface area contributed by atoms with Crippen molar-refractivity contribution < 1.29 is 9.47 Å². The van der Waals surface area contributed by atoms with E-state index in [1.54, 1.807) is 6.07 Å². The number of amidine groups is 1. The summed E-state index contributed by atoms with van der Waals surface area (Å²) in [5.41, 5.74) is 4.86. The number of halogens is 1. The van der Waals surface area contributed by atoms with Crippen molar-refractivity contribution in [3.05, 3.63) is 0 Å². The Morgan fingerprint density at radius 1 is 1.46 bits per heavy atom. The molecule has 0 radical (unpaired) electrons. The normalized spacial score (nSPS) is 6.23. The molecule has 0 bridgehead atoms. The van der Waals surface area contributed by atoms with Gasteiger partial charge in [0.25, 0.3) is 0 Å². The van der Waals surface area contributed by atoms with Crippen LogP contribution >= 0.6 is 12.4 Å². The summed E-state index contributed by atoms with van der Waals surface area (Å²) in [7, 11) is 2.99. The molecule has 0 unspecified atom stereocenters. The monoisotopic (exact) mass is 211 g/mol. The molecule has 0 spiro atoms. The van der Waals surface area contributed by atoms with Crippen molar-refractivity contribution in [3.63, 3.8) is 0 Å². The van der Waals surface area contributed by atoms with Crippen molar-refractivity contribution in [3.8, 4) is 6.07 Å². The Hall–Kier alpha value is -0.830. The summed E-state index contributed by atoms with van der Waals surface area (Å²) in [5, 5.41) is 14.2. The van der Waals surface area contributed by atoms with Crippen LogP contribution in [0.25, 0.3) is 0 Å². The van der Waals surface area contributed by atoms with Gasteiger partial charge < -0.3 is 15.2 Å². The lowest BCUT2D eigenvalue weighted by atomic mass is 10.7. The number of nitrogens with two attached hydrogens (primary N) is 1. The van der Waals surface area contributed by atoms with Gasteiger partial charge in [-0.15, -0.1) is 12.4 Å². The van der Waals surface area contributed by atoms with Crippen LogP contribution in [0.2, 0.25) is 0 Å². The number of ether oxygens (including phenoxy) is 2. The zero-order chi connectivity index (χ0) is 9.11. The minimum Gasteiger partial charge on any atom is -0.386 e. The number of rotatable bonds is 3. The van der Waals surface area contributed by atoms with Gasteiger partial charge in [-0.2, -0.15) is 5.26 Å². The molecule has 0 saturated heterocycles. The van der Waals surface area contributed by atoms with Crippen molar-refractivity contribution in [2.45, 2.75) is 7.43 Å². The van der Waals surface area contributed by atoms with Gasteiger partial charge >= 0.3 is 0 Å². The molecule has 6 heteroatoms. The third-order valence-corrected chi connectivity index (χ3v) is 0.509. The van der Waals surface area contributed by atoms with Gasteiger partial charge in [0.05, 0.1) is 6.07 Å². The molecule has 0 aromatic rings. The number of hydrogen-bond donors (Lipinski definition) is 2. The average molecular weight is 212 g/mol. The van der Waals surface area contributed by atoms with Crippen LogP contribution in [0.15, 0.2) is 0 Å². The fourth-order valence-electron chi connectivity index (χ4n) is 0.220. The third-order valence-electron chi connectivity index (χ3n) is 0.509. The number of nitriles is 1. The number of nitrogens with zero attached hydrogens (tertiary/aromatic N) is 1. The zero-order valence-electron chi connectivity index (χ0n) is 7.16. The summed E-state index contributed by atoms with van der Waals surface area (Å²) in [6.45, 7) is 0.431. The van der Waals surface area contributed by atoms with Crippen molar-refractivity contribution >= 4 is 18.2 Å². The molecular formula is C7H18ClN3O2. The van der Waals surface area contributed by atoms with E-state index in [0.29, 0.717) is 0 Å². The Labute approximate surface area is 85.7 Å². The number of methoxy groups -OCH3 is 2. The van der Waals surface area contributed by atoms with Crippen LogP contribution < -0.4 is 5.73 Å². The summed E-state index contributed by atoms with van der Waals surface area (Å²) in [5.74, 6) is 0.0671. The first-order chi connectivity index (χ1) is 5.18. The highest BCUT2D eigenvalue weighted by Gasteiger charge is 1.78. The second-order valence-corrected chi connectivity index (χ2v) is 1.55. The Morgan fingerprint density at radius 2 is 1.92 bits per heavy atom. The minimum absolute atomic E-state index is 0. The van der Waals surface area contributed by atoms with Gasteiger partial charge in [0.15, 0.2) is 0 Å². The van der Waals surface area contributed by atoms with Crippen LogP contribution in [0.3, 0.4) is 0 Å². The maximum Gasteiger partial charge on any atom is 0.133 e. The largest absolute Gasteiger partial charge is 0.386 e. The van der Waals surface area contributed by atoms with Crippen molar-refractivity contribution in [2.75, 3.05) is 27.4 Å². The summed E-state index contributed by atoms with van der Waals surface area (Å²) in [6.07, 6.45) is 0. The van der Waals surface area contributed by atoms with Crippen LogP contribution in [0.5, 0.6) is 0 Å². The number of hydrogen-bond acceptors (Lipinski definition) is 4. The van der Waals surface area contributed by atoms with E-state index < -0.39 is 0 Å². The average Bonchev–Trinajstić information content (AvgIpc) is 1.90. The Kier molecular flexibility index (Phi) is 39.3. The standard InChI is InChI=1S/C3H8N2O.C3H5NO.CH4.ClH/c1-6-2-3(4)5;1-5-3-2-4;;/h2H2,1H3,(H3,4,5);3H2,1H3;1H4;1H. The lowest BCUT2D eigenvalue weighted by molar-refractivity contribution is 0.238. The first kappa shape index (κ1) is 22.7. The van der Waals surface area contributed by atoms with Gasteiger partial charge in [0, 0.05) is 14.2 Å². The van der Waals surface area contributed by atoms with Crippen molar-refractivity contribution in [2.24, 2.45) is 5.73 Å². The molecule has 0 atom stereocenters. The summed E-state index contributed by atoms with van der Waals surface area (Å²) in [4.78, 5) is 0. The van der Waals surface area contributed by atoms with E-state index in [1.165, 1.54) is 14.2 Å². The smallest absolute Gasteiger partial charge is 0.133 e. The van der Waals surface area contributed by atoms with Crippen molar-refractivity contribution in [1.29, 1.82) is 10.7 Å². The van der Waals surface area contributed by atoms with Gasteiger partial charge in [0.1, 0.15) is 19.0 Å². The van der Waals surface area contributed by atoms with Crippen LogP contribution in [0, 0.1) is 16.7 Å². The molecule has 0 heterocycles. The molecule has 0 fully saturated rings. The molecule has 0 aliphatic rings. The van der Waals surface area contributed by atoms with Gasteiger partial charge in [-0.3, -0.25) is 5.41 Å². The van der Waals surface area contributed by atoms with E-state index in [1.807, 2.05) is 0 Å². The quantitative estimate of drug-likeness (QED) is 0.533. The number of nitrogens with one attached hydrogen (secondary N) is 1. The summed E-state index contributed by atoms with van der Waals surface area (Å²) >= 11 is 0. The lowest BCUT2D eigenvalue weighted by Crippen LogP contribution is -2.15. The first-order valence-corrected chi connectivity index (χ1v) is 2.86. The van der Waals surface area contributed by atoms with Gasteiger partial charge in [-0.05, 0) is 0 Å². The van der Waals surface area contributed by atoms with Crippen LogP contribution in [-0.2, 0) is 9.47 Å². The Morgan fingerprint density at radius 3 is 1.92 bits per heavy atom. The second-order valence-electron chi connectivity index (χ2n) is 1.55. The molecule has 0 aliphatic heterocycles. The maximum atomic E-state index is 7.69. The Balaban J connectivity index is -0.0000000546. The SMILES string of the molecule is C.COCC#N.COCC(=N)N.Cl. The van der Waals surface area contributed by atoms with E-state index in [-0.39, 0.29) is 38.9 Å². The molecular weight excluding hydrogens is 194 g/mol. The molecule has 3 N–H and O–H groups in total. The minimum atomic E-state index is 0. The molecule has 5 nitrogen and oxygen atoms in total. The maximum absolute atomic E-state index is 7.69. The fraction of sp³-hybridized carbons (Fsp3) is 0.714. The topological polar surface area (TPSA) is 92.1 Å². The zero-order valence-corrected chi connectivity index (χ0v) is 7.98. The molecule has 0 aromatic heterocycles. The van der Waals surface area contributed by atoms with E-state index in [0.717, 1.165) is 0 Å². The van der Waals surface area contributed by atoms with E-state index in [4.69, 9.17) is 16.4 Å². The van der Waals surface area contributed by atoms with Crippen LogP contribution in [0.4, 0.5) is 0 Å². The molecule has 0 amide bonds. The van der Waals surface area contributed by atoms with Gasteiger partial charge in [-0.25, -0.2) is 0 Å². The van der Waals surface area contributed by atoms with Crippen molar-refractivity contribution in [1.82, 2.24) is 0 Å². The molecule has 0 rings (SSSR count). The molecule has 80 valence electrons. The van der Waals surface area contributed by atoms with E-state index in [9.17, 15) is 0 Å². The first-order valence-electron chi connectivity index (χ1n) is 2.86. The Bertz CT molecular complexity index is 136. The highest BCUT2D eigenvalue weighted by atomic mass is 35.5. The predicted molar refractivity (Wildman–Crippen MR) is 55.3 cm³/mol.